The van der Waals surface area contributed by atoms with Crippen LogP contribution in [-0.2, 0) is 13.2 Å². The van der Waals surface area contributed by atoms with Crippen LogP contribution in [0.25, 0.3) is 5.69 Å². The van der Waals surface area contributed by atoms with E-state index in [1.54, 1.807) is 0 Å². The third-order valence-corrected chi connectivity index (χ3v) is 2.91. The molecule has 4 heteroatoms. The summed E-state index contributed by atoms with van der Waals surface area (Å²) in [6, 6.07) is 9.37. The van der Waals surface area contributed by atoms with Crippen molar-refractivity contribution >= 4 is 11.6 Å². The van der Waals surface area contributed by atoms with E-state index in [9.17, 15) is 5.11 Å². The van der Waals surface area contributed by atoms with Gasteiger partial charge in [-0.15, -0.1) is 0 Å². The molecule has 2 rings (SSSR count). The maximum Gasteiger partial charge on any atom is 0.0836 e. The molecule has 1 aromatic heterocycles. The van der Waals surface area contributed by atoms with Crippen LogP contribution < -0.4 is 5.73 Å². The second-order valence-corrected chi connectivity index (χ2v) is 3.88. The first kappa shape index (κ1) is 11.2. The molecule has 3 N–H and O–H groups in total. The summed E-state index contributed by atoms with van der Waals surface area (Å²) in [5.74, 6) is 0. The molecule has 0 saturated carbocycles. The van der Waals surface area contributed by atoms with Gasteiger partial charge in [-0.05, 0) is 24.3 Å². The highest BCUT2D eigenvalue weighted by Crippen LogP contribution is 2.24. The van der Waals surface area contributed by atoms with Crippen molar-refractivity contribution in [1.82, 2.24) is 4.57 Å². The lowest BCUT2D eigenvalue weighted by Crippen LogP contribution is -2.06. The third-order valence-electron chi connectivity index (χ3n) is 2.55. The molecule has 0 fully saturated rings. The Bertz CT molecular complexity index is 494. The van der Waals surface area contributed by atoms with Crippen molar-refractivity contribution < 1.29 is 5.11 Å². The van der Waals surface area contributed by atoms with Gasteiger partial charge in [-0.25, -0.2) is 0 Å². The summed E-state index contributed by atoms with van der Waals surface area (Å²) in [7, 11) is 0. The van der Waals surface area contributed by atoms with Crippen molar-refractivity contribution in [3.63, 3.8) is 0 Å². The van der Waals surface area contributed by atoms with Crippen molar-refractivity contribution in [1.29, 1.82) is 0 Å². The molecule has 0 aliphatic rings. The van der Waals surface area contributed by atoms with Gasteiger partial charge < -0.3 is 15.4 Å². The zero-order valence-corrected chi connectivity index (χ0v) is 9.48. The molecule has 2 aromatic rings. The Kier molecular flexibility index (Phi) is 3.29. The molecule has 0 spiro atoms. The number of nitrogens with zero attached hydrogens (tertiary/aromatic N) is 1. The normalized spacial score (nSPS) is 10.7. The van der Waals surface area contributed by atoms with Gasteiger partial charge in [0.25, 0.3) is 0 Å². The van der Waals surface area contributed by atoms with Gasteiger partial charge in [-0.2, -0.15) is 0 Å². The summed E-state index contributed by atoms with van der Waals surface area (Å²) in [6.45, 7) is 0.363. The molecule has 3 nitrogen and oxygen atoms in total. The van der Waals surface area contributed by atoms with E-state index >= 15 is 0 Å². The fraction of sp³-hybridized carbons (Fsp3) is 0.167. The first-order valence-corrected chi connectivity index (χ1v) is 5.40. The van der Waals surface area contributed by atoms with E-state index in [-0.39, 0.29) is 6.61 Å². The van der Waals surface area contributed by atoms with Crippen molar-refractivity contribution in [3.8, 4) is 5.69 Å². The summed E-state index contributed by atoms with van der Waals surface area (Å²) in [6.07, 6.45) is 1.89. The van der Waals surface area contributed by atoms with Crippen molar-refractivity contribution in [3.05, 3.63) is 52.8 Å². The van der Waals surface area contributed by atoms with Crippen LogP contribution in [0.3, 0.4) is 0 Å². The van der Waals surface area contributed by atoms with Crippen LogP contribution in [0.2, 0.25) is 5.02 Å². The smallest absolute Gasteiger partial charge is 0.0836 e. The molecule has 0 atom stereocenters. The second kappa shape index (κ2) is 4.70. The molecule has 0 aliphatic carbocycles. The van der Waals surface area contributed by atoms with Gasteiger partial charge in [0.2, 0.25) is 0 Å². The molecule has 16 heavy (non-hydrogen) atoms. The Morgan fingerprint density at radius 1 is 1.25 bits per heavy atom. The number of aliphatic hydroxyl groups excluding tert-OH is 1. The van der Waals surface area contributed by atoms with E-state index in [1.165, 1.54) is 0 Å². The van der Waals surface area contributed by atoms with E-state index in [4.69, 9.17) is 17.3 Å². The highest BCUT2D eigenvalue weighted by Gasteiger charge is 2.09. The van der Waals surface area contributed by atoms with Crippen molar-refractivity contribution in [2.75, 3.05) is 0 Å². The number of nitrogens with two attached hydrogens (primary N) is 1. The molecular formula is C12H13ClN2O. The molecule has 84 valence electrons. The Hall–Kier alpha value is -1.29. The van der Waals surface area contributed by atoms with Gasteiger partial charge >= 0.3 is 0 Å². The summed E-state index contributed by atoms with van der Waals surface area (Å²) in [5.41, 5.74) is 8.31. The van der Waals surface area contributed by atoms with Gasteiger partial charge in [0.1, 0.15) is 0 Å². The molecular weight excluding hydrogens is 224 g/mol. The Morgan fingerprint density at radius 3 is 2.75 bits per heavy atom. The van der Waals surface area contributed by atoms with E-state index < -0.39 is 0 Å². The Morgan fingerprint density at radius 2 is 2.06 bits per heavy atom. The fourth-order valence-corrected chi connectivity index (χ4v) is 2.00. The quantitative estimate of drug-likeness (QED) is 0.857. The largest absolute Gasteiger partial charge is 0.390 e. The third kappa shape index (κ3) is 1.85. The first-order chi connectivity index (χ1) is 7.77. The van der Waals surface area contributed by atoms with E-state index in [0.29, 0.717) is 11.6 Å². The lowest BCUT2D eigenvalue weighted by atomic mass is 10.1. The number of rotatable bonds is 3. The highest BCUT2D eigenvalue weighted by molar-refractivity contribution is 6.31. The van der Waals surface area contributed by atoms with Crippen LogP contribution in [0, 0.1) is 0 Å². The monoisotopic (exact) mass is 236 g/mol. The molecule has 0 amide bonds. The summed E-state index contributed by atoms with van der Waals surface area (Å²) in [4.78, 5) is 0. The minimum absolute atomic E-state index is 0.0104. The maximum absolute atomic E-state index is 9.22. The molecule has 1 heterocycles. The lowest BCUT2D eigenvalue weighted by molar-refractivity contribution is 0.274. The fourth-order valence-electron chi connectivity index (χ4n) is 1.76. The summed E-state index contributed by atoms with van der Waals surface area (Å²) in [5, 5.41) is 9.87. The maximum atomic E-state index is 9.22. The average molecular weight is 237 g/mol. The average Bonchev–Trinajstić information content (AvgIpc) is 2.76. The van der Waals surface area contributed by atoms with Crippen LogP contribution in [-0.4, -0.2) is 9.67 Å². The van der Waals surface area contributed by atoms with Gasteiger partial charge in [0, 0.05) is 29.0 Å². The number of benzene rings is 1. The van der Waals surface area contributed by atoms with Crippen molar-refractivity contribution in [2.45, 2.75) is 13.2 Å². The number of aliphatic hydroxyl groups is 1. The van der Waals surface area contributed by atoms with Crippen LogP contribution in [0.15, 0.2) is 36.5 Å². The highest BCUT2D eigenvalue weighted by atomic mass is 35.5. The first-order valence-electron chi connectivity index (χ1n) is 5.03. The van der Waals surface area contributed by atoms with Gasteiger partial charge in [-0.3, -0.25) is 0 Å². The minimum atomic E-state index is -0.0104. The molecule has 0 aliphatic heterocycles. The SMILES string of the molecule is NCc1c(Cl)cccc1-n1cccc1CO. The topological polar surface area (TPSA) is 51.2 Å². The lowest BCUT2D eigenvalue weighted by Gasteiger charge is -2.13. The number of hydrogen-bond acceptors (Lipinski definition) is 2. The number of aromatic nitrogens is 1. The van der Waals surface area contributed by atoms with E-state index in [0.717, 1.165) is 16.9 Å². The van der Waals surface area contributed by atoms with Gasteiger partial charge in [0.05, 0.1) is 12.3 Å². The Labute approximate surface area is 99.1 Å². The van der Waals surface area contributed by atoms with Gasteiger partial charge in [0.15, 0.2) is 0 Å². The second-order valence-electron chi connectivity index (χ2n) is 3.47. The molecule has 0 bridgehead atoms. The van der Waals surface area contributed by atoms with Gasteiger partial charge in [-0.1, -0.05) is 17.7 Å². The minimum Gasteiger partial charge on any atom is -0.390 e. The number of halogens is 1. The zero-order chi connectivity index (χ0) is 11.5. The Balaban J connectivity index is 2.60. The van der Waals surface area contributed by atoms with Crippen molar-refractivity contribution in [2.24, 2.45) is 5.73 Å². The van der Waals surface area contributed by atoms with Crippen LogP contribution in [0.1, 0.15) is 11.3 Å². The molecule has 0 saturated heterocycles. The predicted octanol–water partition coefficient (Wildman–Crippen LogP) is 2.08. The standard InChI is InChI=1S/C12H13ClN2O/c13-11-4-1-5-12(10(11)7-14)15-6-2-3-9(15)8-16/h1-6,16H,7-8,14H2. The molecule has 0 unspecified atom stereocenters. The number of hydrogen-bond donors (Lipinski definition) is 2. The van der Waals surface area contributed by atoms with E-state index in [1.807, 2.05) is 41.1 Å². The summed E-state index contributed by atoms with van der Waals surface area (Å²) >= 11 is 6.09. The molecule has 0 radical (unpaired) electrons. The summed E-state index contributed by atoms with van der Waals surface area (Å²) < 4.78 is 1.90. The zero-order valence-electron chi connectivity index (χ0n) is 8.73. The predicted molar refractivity (Wildman–Crippen MR) is 64.6 cm³/mol. The van der Waals surface area contributed by atoms with Crippen LogP contribution in [0.4, 0.5) is 0 Å². The van der Waals surface area contributed by atoms with Crippen LogP contribution in [0.5, 0.6) is 0 Å². The van der Waals surface area contributed by atoms with Crippen LogP contribution >= 0.6 is 11.6 Å². The molecule has 1 aromatic carbocycles. The van der Waals surface area contributed by atoms with E-state index in [2.05, 4.69) is 0 Å².